The van der Waals surface area contributed by atoms with Crippen molar-refractivity contribution in [3.05, 3.63) is 78.8 Å². The second-order valence-corrected chi connectivity index (χ2v) is 8.83. The highest BCUT2D eigenvalue weighted by Crippen LogP contribution is 2.38. The summed E-state index contributed by atoms with van der Waals surface area (Å²) in [5.41, 5.74) is 5.02. The SMILES string of the molecule is CN1CCN(c2ccc(-c3cnc4[nH]cc(-c5oncc5-c5cccc(F)c5F)c4c3)cc2)CC1. The molecule has 1 aliphatic rings. The first-order valence-electron chi connectivity index (χ1n) is 11.5. The number of pyridine rings is 1. The minimum atomic E-state index is -0.934. The largest absolute Gasteiger partial charge is 0.369 e. The quantitative estimate of drug-likeness (QED) is 0.371. The van der Waals surface area contributed by atoms with Gasteiger partial charge in [0.25, 0.3) is 0 Å². The van der Waals surface area contributed by atoms with Crippen LogP contribution >= 0.6 is 0 Å². The normalized spacial score (nSPS) is 14.7. The van der Waals surface area contributed by atoms with Crippen LogP contribution in [-0.2, 0) is 0 Å². The van der Waals surface area contributed by atoms with Crippen LogP contribution in [0.3, 0.4) is 0 Å². The summed E-state index contributed by atoms with van der Waals surface area (Å²) in [7, 11) is 2.15. The maximum atomic E-state index is 14.5. The van der Waals surface area contributed by atoms with Crippen LogP contribution in [0.1, 0.15) is 0 Å². The van der Waals surface area contributed by atoms with Crippen LogP contribution in [0, 0.1) is 11.6 Å². The van der Waals surface area contributed by atoms with Crippen LogP contribution in [0.5, 0.6) is 0 Å². The molecule has 2 aromatic carbocycles. The molecule has 6 rings (SSSR count). The molecule has 0 bridgehead atoms. The van der Waals surface area contributed by atoms with Crippen LogP contribution in [0.25, 0.3) is 44.6 Å². The van der Waals surface area contributed by atoms with E-state index in [0.717, 1.165) is 48.8 Å². The number of benzene rings is 2. The van der Waals surface area contributed by atoms with Crippen molar-refractivity contribution in [1.82, 2.24) is 20.0 Å². The molecule has 0 radical (unpaired) electrons. The molecule has 0 atom stereocenters. The zero-order valence-corrected chi connectivity index (χ0v) is 19.1. The molecule has 4 heterocycles. The van der Waals surface area contributed by atoms with Gasteiger partial charge in [-0.05, 0) is 36.9 Å². The molecule has 6 nitrogen and oxygen atoms in total. The predicted octanol–water partition coefficient (Wildman–Crippen LogP) is 5.58. The van der Waals surface area contributed by atoms with Gasteiger partial charge >= 0.3 is 0 Å². The highest BCUT2D eigenvalue weighted by atomic mass is 19.2. The summed E-state index contributed by atoms with van der Waals surface area (Å²) < 4.78 is 33.9. The van der Waals surface area contributed by atoms with Gasteiger partial charge in [-0.3, -0.25) is 0 Å². The van der Waals surface area contributed by atoms with Crippen molar-refractivity contribution in [2.75, 3.05) is 38.1 Å². The summed E-state index contributed by atoms with van der Waals surface area (Å²) >= 11 is 0. The summed E-state index contributed by atoms with van der Waals surface area (Å²) in [5, 5.41) is 4.67. The van der Waals surface area contributed by atoms with Gasteiger partial charge in [-0.25, -0.2) is 13.8 Å². The topological polar surface area (TPSA) is 61.2 Å². The van der Waals surface area contributed by atoms with Gasteiger partial charge in [0.2, 0.25) is 0 Å². The molecular formula is C27H23F2N5O. The number of fused-ring (bicyclic) bond motifs is 1. The fraction of sp³-hybridized carbons (Fsp3) is 0.185. The molecule has 1 N–H and O–H groups in total. The minimum Gasteiger partial charge on any atom is -0.369 e. The number of hydrogen-bond donors (Lipinski definition) is 1. The van der Waals surface area contributed by atoms with Crippen LogP contribution in [0.2, 0.25) is 0 Å². The third kappa shape index (κ3) is 3.85. The van der Waals surface area contributed by atoms with E-state index in [-0.39, 0.29) is 5.56 Å². The smallest absolute Gasteiger partial charge is 0.176 e. The molecule has 0 saturated carbocycles. The first-order valence-corrected chi connectivity index (χ1v) is 11.5. The van der Waals surface area contributed by atoms with E-state index in [0.29, 0.717) is 22.5 Å². The van der Waals surface area contributed by atoms with E-state index in [9.17, 15) is 8.78 Å². The number of piperazine rings is 1. The Morgan fingerprint density at radius 3 is 2.49 bits per heavy atom. The lowest BCUT2D eigenvalue weighted by Crippen LogP contribution is -2.44. The van der Waals surface area contributed by atoms with Crippen LogP contribution in [-0.4, -0.2) is 53.3 Å². The van der Waals surface area contributed by atoms with Gasteiger partial charge in [0, 0.05) is 66.3 Å². The Kier molecular flexibility index (Phi) is 5.30. The average molecular weight is 472 g/mol. The lowest BCUT2D eigenvalue weighted by Gasteiger charge is -2.34. The van der Waals surface area contributed by atoms with Crippen molar-refractivity contribution in [2.45, 2.75) is 0 Å². The Balaban J connectivity index is 1.36. The highest BCUT2D eigenvalue weighted by Gasteiger charge is 2.21. The van der Waals surface area contributed by atoms with E-state index in [1.165, 1.54) is 24.0 Å². The van der Waals surface area contributed by atoms with E-state index < -0.39 is 11.6 Å². The first kappa shape index (κ1) is 21.5. The summed E-state index contributed by atoms with van der Waals surface area (Å²) in [4.78, 5) is 12.4. The second-order valence-electron chi connectivity index (χ2n) is 8.83. The molecular weight excluding hydrogens is 448 g/mol. The third-order valence-corrected chi connectivity index (χ3v) is 6.66. The van der Waals surface area contributed by atoms with Gasteiger partial charge in [0.1, 0.15) is 5.65 Å². The lowest BCUT2D eigenvalue weighted by atomic mass is 10.0. The van der Waals surface area contributed by atoms with Crippen molar-refractivity contribution in [3.8, 4) is 33.6 Å². The lowest BCUT2D eigenvalue weighted by molar-refractivity contribution is 0.313. The monoisotopic (exact) mass is 471 g/mol. The van der Waals surface area contributed by atoms with Crippen molar-refractivity contribution < 1.29 is 13.3 Å². The predicted molar refractivity (Wildman–Crippen MR) is 132 cm³/mol. The Bertz CT molecular complexity index is 1500. The van der Waals surface area contributed by atoms with Crippen molar-refractivity contribution >= 4 is 16.7 Å². The van der Waals surface area contributed by atoms with Gasteiger partial charge in [0.05, 0.1) is 11.8 Å². The maximum absolute atomic E-state index is 14.5. The summed E-state index contributed by atoms with van der Waals surface area (Å²) in [6.45, 7) is 4.15. The van der Waals surface area contributed by atoms with Gasteiger partial charge < -0.3 is 19.3 Å². The minimum absolute atomic E-state index is 0.0965. The third-order valence-electron chi connectivity index (χ3n) is 6.66. The number of H-pyrrole nitrogens is 1. The van der Waals surface area contributed by atoms with Gasteiger partial charge in [-0.1, -0.05) is 29.4 Å². The number of aromatic amines is 1. The summed E-state index contributed by atoms with van der Waals surface area (Å²) in [6.07, 6.45) is 4.97. The number of anilines is 1. The highest BCUT2D eigenvalue weighted by molar-refractivity contribution is 5.98. The number of rotatable bonds is 4. The fourth-order valence-electron chi connectivity index (χ4n) is 4.62. The zero-order valence-electron chi connectivity index (χ0n) is 19.1. The fourth-order valence-corrected chi connectivity index (χ4v) is 4.62. The number of aromatic nitrogens is 3. The molecule has 35 heavy (non-hydrogen) atoms. The van der Waals surface area contributed by atoms with Crippen LogP contribution in [0.15, 0.2) is 71.6 Å². The number of likely N-dealkylation sites (N-methyl/N-ethyl adjacent to an activating group) is 1. The molecule has 1 saturated heterocycles. The summed E-state index contributed by atoms with van der Waals surface area (Å²) in [5.74, 6) is -1.50. The number of hydrogen-bond acceptors (Lipinski definition) is 5. The first-order chi connectivity index (χ1) is 17.1. The molecule has 0 spiro atoms. The van der Waals surface area contributed by atoms with Crippen molar-refractivity contribution in [2.24, 2.45) is 0 Å². The Morgan fingerprint density at radius 1 is 0.886 bits per heavy atom. The Labute approximate surface area is 200 Å². The van der Waals surface area contributed by atoms with E-state index >= 15 is 0 Å². The molecule has 3 aromatic heterocycles. The molecule has 1 aliphatic heterocycles. The molecule has 176 valence electrons. The van der Waals surface area contributed by atoms with E-state index in [2.05, 4.69) is 56.2 Å². The Hall–Kier alpha value is -4.04. The molecule has 0 amide bonds. The zero-order chi connectivity index (χ0) is 23.9. The van der Waals surface area contributed by atoms with Gasteiger partial charge in [-0.2, -0.15) is 0 Å². The second kappa shape index (κ2) is 8.63. The standard InChI is InChI=1S/C27H23F2N5O/c1-33-9-11-34(12-10-33)19-7-5-17(6-8-19)18-13-21-22(15-31-27(21)30-14-18)26-23(16-32-35-26)20-3-2-4-24(28)25(20)29/h2-8,13-16H,9-12H2,1H3,(H,30,31). The molecule has 0 unspecified atom stereocenters. The molecule has 0 aliphatic carbocycles. The number of nitrogens with one attached hydrogen (secondary N) is 1. The van der Waals surface area contributed by atoms with E-state index in [1.807, 2.05) is 12.3 Å². The van der Waals surface area contributed by atoms with Crippen LogP contribution in [0.4, 0.5) is 14.5 Å². The number of nitrogens with zero attached hydrogens (tertiary/aromatic N) is 4. The number of halogens is 2. The van der Waals surface area contributed by atoms with Gasteiger partial charge in [0.15, 0.2) is 17.4 Å². The molecule has 5 aromatic rings. The van der Waals surface area contributed by atoms with E-state index in [1.54, 1.807) is 6.20 Å². The van der Waals surface area contributed by atoms with E-state index in [4.69, 9.17) is 4.52 Å². The molecule has 8 heteroatoms. The average Bonchev–Trinajstić information content (AvgIpc) is 3.53. The van der Waals surface area contributed by atoms with Gasteiger partial charge in [-0.15, -0.1) is 0 Å². The van der Waals surface area contributed by atoms with Crippen molar-refractivity contribution in [1.29, 1.82) is 0 Å². The Morgan fingerprint density at radius 2 is 1.69 bits per heavy atom. The maximum Gasteiger partial charge on any atom is 0.176 e. The molecule has 1 fully saturated rings. The van der Waals surface area contributed by atoms with Crippen molar-refractivity contribution in [3.63, 3.8) is 0 Å². The summed E-state index contributed by atoms with van der Waals surface area (Å²) in [6, 6.07) is 14.6. The van der Waals surface area contributed by atoms with Crippen LogP contribution < -0.4 is 4.90 Å².